The van der Waals surface area contributed by atoms with Crippen molar-refractivity contribution in [3.8, 4) is 0 Å². The van der Waals surface area contributed by atoms with E-state index >= 15 is 0 Å². The van der Waals surface area contributed by atoms with Gasteiger partial charge in [-0.3, -0.25) is 9.89 Å². The van der Waals surface area contributed by atoms with Gasteiger partial charge in [0.2, 0.25) is 0 Å². The highest BCUT2D eigenvalue weighted by molar-refractivity contribution is 14.0. The van der Waals surface area contributed by atoms with Gasteiger partial charge < -0.3 is 20.4 Å². The molecule has 1 aromatic rings. The van der Waals surface area contributed by atoms with Gasteiger partial charge >= 0.3 is 0 Å². The molecule has 0 amide bonds. The van der Waals surface area contributed by atoms with Crippen LogP contribution in [-0.4, -0.2) is 86.2 Å². The van der Waals surface area contributed by atoms with E-state index in [9.17, 15) is 0 Å². The Hall–Kier alpha value is -1.13. The predicted molar refractivity (Wildman–Crippen MR) is 132 cm³/mol. The standard InChI is InChI=1S/C21H37N7.HI/c1-4-26-11-13-28(14-12-26)20-9-8-18(15-23-20)16-24-21(22-3)25-17-19-7-6-10-27(19)5-2;/h8-9,15,19H,4-7,10-14,16-17H2,1-3H3,(H2,22,24,25);1H. The summed E-state index contributed by atoms with van der Waals surface area (Å²) in [6.07, 6.45) is 4.56. The molecule has 0 spiro atoms. The number of hydrogen-bond acceptors (Lipinski definition) is 5. The van der Waals surface area contributed by atoms with E-state index in [4.69, 9.17) is 0 Å². The number of aromatic nitrogens is 1. The second-order valence-electron chi connectivity index (χ2n) is 7.68. The number of anilines is 1. The third kappa shape index (κ3) is 6.96. The number of nitrogens with zero attached hydrogens (tertiary/aromatic N) is 5. The van der Waals surface area contributed by atoms with Crippen LogP contribution < -0.4 is 15.5 Å². The summed E-state index contributed by atoms with van der Waals surface area (Å²) in [5.41, 5.74) is 1.18. The van der Waals surface area contributed by atoms with Crippen LogP contribution in [0.2, 0.25) is 0 Å². The summed E-state index contributed by atoms with van der Waals surface area (Å²) >= 11 is 0. The van der Waals surface area contributed by atoms with Gasteiger partial charge in [-0.1, -0.05) is 19.9 Å². The highest BCUT2D eigenvalue weighted by atomic mass is 127. The van der Waals surface area contributed by atoms with E-state index in [-0.39, 0.29) is 24.0 Å². The van der Waals surface area contributed by atoms with Crippen LogP contribution in [0.25, 0.3) is 0 Å². The summed E-state index contributed by atoms with van der Waals surface area (Å²) < 4.78 is 0. The van der Waals surface area contributed by atoms with Crippen LogP contribution >= 0.6 is 24.0 Å². The van der Waals surface area contributed by atoms with E-state index < -0.39 is 0 Å². The third-order valence-electron chi connectivity index (χ3n) is 6.05. The van der Waals surface area contributed by atoms with Gasteiger partial charge in [-0.25, -0.2) is 4.98 Å². The summed E-state index contributed by atoms with van der Waals surface area (Å²) in [5, 5.41) is 6.90. The predicted octanol–water partition coefficient (Wildman–Crippen LogP) is 1.99. The number of halogens is 1. The molecule has 29 heavy (non-hydrogen) atoms. The summed E-state index contributed by atoms with van der Waals surface area (Å²) in [7, 11) is 1.83. The lowest BCUT2D eigenvalue weighted by Crippen LogP contribution is -2.46. The van der Waals surface area contributed by atoms with Crippen molar-refractivity contribution in [2.45, 2.75) is 39.3 Å². The van der Waals surface area contributed by atoms with Crippen molar-refractivity contribution in [2.75, 3.05) is 64.3 Å². The molecule has 2 fully saturated rings. The van der Waals surface area contributed by atoms with Gasteiger partial charge in [0, 0.05) is 58.6 Å². The molecule has 2 aliphatic heterocycles. The van der Waals surface area contributed by atoms with E-state index in [1.165, 1.54) is 24.9 Å². The van der Waals surface area contributed by atoms with Gasteiger partial charge in [0.05, 0.1) is 0 Å². The van der Waals surface area contributed by atoms with Crippen LogP contribution in [0.3, 0.4) is 0 Å². The van der Waals surface area contributed by atoms with E-state index in [2.05, 4.69) is 61.3 Å². The number of aliphatic imine (C=N–C) groups is 1. The molecule has 1 unspecified atom stereocenters. The topological polar surface area (TPSA) is 59.0 Å². The lowest BCUT2D eigenvalue weighted by atomic mass is 10.2. The molecule has 2 N–H and O–H groups in total. The van der Waals surface area contributed by atoms with Crippen LogP contribution in [0.4, 0.5) is 5.82 Å². The average molecular weight is 515 g/mol. The Morgan fingerprint density at radius 1 is 1.10 bits per heavy atom. The largest absolute Gasteiger partial charge is 0.355 e. The quantitative estimate of drug-likeness (QED) is 0.329. The number of likely N-dealkylation sites (tertiary alicyclic amines) is 1. The maximum Gasteiger partial charge on any atom is 0.191 e. The van der Waals surface area contributed by atoms with E-state index in [1.54, 1.807) is 0 Å². The molecule has 0 radical (unpaired) electrons. The molecule has 1 aromatic heterocycles. The zero-order chi connectivity index (χ0) is 19.8. The SMILES string of the molecule is CCN1CCN(c2ccc(CNC(=NC)NCC3CCCN3CC)cn2)CC1.I. The van der Waals surface area contributed by atoms with Gasteiger partial charge in [-0.15, -0.1) is 24.0 Å². The average Bonchev–Trinajstić information content (AvgIpc) is 3.22. The minimum absolute atomic E-state index is 0. The van der Waals surface area contributed by atoms with Crippen molar-refractivity contribution in [1.82, 2.24) is 25.4 Å². The summed E-state index contributed by atoms with van der Waals surface area (Å²) in [5.74, 6) is 1.95. The Morgan fingerprint density at radius 2 is 1.90 bits per heavy atom. The lowest BCUT2D eigenvalue weighted by molar-refractivity contribution is 0.267. The van der Waals surface area contributed by atoms with Crippen molar-refractivity contribution in [2.24, 2.45) is 4.99 Å². The monoisotopic (exact) mass is 515 g/mol. The second kappa shape index (κ2) is 12.5. The van der Waals surface area contributed by atoms with Crippen LogP contribution in [0.15, 0.2) is 23.3 Å². The van der Waals surface area contributed by atoms with Crippen LogP contribution in [0.1, 0.15) is 32.3 Å². The number of guanidine groups is 1. The first-order chi connectivity index (χ1) is 13.7. The Labute approximate surface area is 193 Å². The molecule has 0 aromatic carbocycles. The molecule has 8 heteroatoms. The van der Waals surface area contributed by atoms with Crippen LogP contribution in [0, 0.1) is 0 Å². The molecule has 0 aliphatic carbocycles. The minimum atomic E-state index is 0. The summed E-state index contributed by atoms with van der Waals surface area (Å²) in [4.78, 5) is 16.5. The molecule has 2 saturated heterocycles. The molecule has 2 aliphatic rings. The molecular formula is C21H38IN7. The fourth-order valence-corrected chi connectivity index (χ4v) is 4.17. The fourth-order valence-electron chi connectivity index (χ4n) is 4.17. The fraction of sp³-hybridized carbons (Fsp3) is 0.714. The number of rotatable bonds is 7. The van der Waals surface area contributed by atoms with Gasteiger partial charge in [0.1, 0.15) is 5.82 Å². The third-order valence-corrected chi connectivity index (χ3v) is 6.05. The highest BCUT2D eigenvalue weighted by Crippen LogP contribution is 2.16. The molecular weight excluding hydrogens is 477 g/mol. The first kappa shape index (κ1) is 24.1. The maximum atomic E-state index is 4.69. The number of likely N-dealkylation sites (N-methyl/N-ethyl adjacent to an activating group) is 2. The van der Waals surface area contributed by atoms with E-state index in [1.807, 2.05) is 13.2 Å². The van der Waals surface area contributed by atoms with Gasteiger partial charge in [0.15, 0.2) is 5.96 Å². The highest BCUT2D eigenvalue weighted by Gasteiger charge is 2.22. The number of hydrogen-bond donors (Lipinski definition) is 2. The zero-order valence-electron chi connectivity index (χ0n) is 18.2. The van der Waals surface area contributed by atoms with Crippen molar-refractivity contribution in [3.05, 3.63) is 23.9 Å². The first-order valence-corrected chi connectivity index (χ1v) is 10.8. The summed E-state index contributed by atoms with van der Waals surface area (Å²) in [6, 6.07) is 4.94. The smallest absolute Gasteiger partial charge is 0.191 e. The zero-order valence-corrected chi connectivity index (χ0v) is 20.6. The number of nitrogens with one attached hydrogen (secondary N) is 2. The van der Waals surface area contributed by atoms with Gasteiger partial charge in [-0.2, -0.15) is 0 Å². The molecule has 0 saturated carbocycles. The summed E-state index contributed by atoms with van der Waals surface area (Å²) in [6.45, 7) is 14.0. The molecule has 3 rings (SSSR count). The lowest BCUT2D eigenvalue weighted by Gasteiger charge is -2.34. The van der Waals surface area contributed by atoms with E-state index in [0.29, 0.717) is 6.04 Å². The number of pyridine rings is 1. The Morgan fingerprint density at radius 3 is 2.52 bits per heavy atom. The maximum absolute atomic E-state index is 4.69. The molecule has 1 atom stereocenters. The first-order valence-electron chi connectivity index (χ1n) is 10.8. The van der Waals surface area contributed by atoms with E-state index in [0.717, 1.165) is 64.1 Å². The van der Waals surface area contributed by atoms with Crippen LogP contribution in [-0.2, 0) is 6.54 Å². The van der Waals surface area contributed by atoms with Crippen molar-refractivity contribution in [1.29, 1.82) is 0 Å². The van der Waals surface area contributed by atoms with Crippen LogP contribution in [0.5, 0.6) is 0 Å². The van der Waals surface area contributed by atoms with Gasteiger partial charge in [-0.05, 0) is 44.1 Å². The number of piperazine rings is 1. The molecule has 164 valence electrons. The molecule has 7 nitrogen and oxygen atoms in total. The van der Waals surface area contributed by atoms with Crippen molar-refractivity contribution in [3.63, 3.8) is 0 Å². The normalized spacial score (nSPS) is 21.1. The molecule has 3 heterocycles. The van der Waals surface area contributed by atoms with Gasteiger partial charge in [0.25, 0.3) is 0 Å². The molecule has 0 bridgehead atoms. The minimum Gasteiger partial charge on any atom is -0.355 e. The Kier molecular flexibility index (Phi) is 10.4. The van der Waals surface area contributed by atoms with Crippen molar-refractivity contribution >= 4 is 35.8 Å². The Balaban J connectivity index is 0.00000300. The second-order valence-corrected chi connectivity index (χ2v) is 7.68. The van der Waals surface area contributed by atoms with Crippen molar-refractivity contribution < 1.29 is 0 Å². The Bertz CT molecular complexity index is 614.